The fourth-order valence-electron chi connectivity index (χ4n) is 3.19. The minimum Gasteiger partial charge on any atom is -0.289 e. The zero-order valence-corrected chi connectivity index (χ0v) is 13.3. The van der Waals surface area contributed by atoms with Crippen LogP contribution in [0.15, 0.2) is 60.9 Å². The average Bonchev–Trinajstić information content (AvgIpc) is 3.01. The Morgan fingerprint density at radius 2 is 1.96 bits per heavy atom. The highest BCUT2D eigenvalue weighted by Gasteiger charge is 2.33. The van der Waals surface area contributed by atoms with Gasteiger partial charge in [0.25, 0.3) is 0 Å². The molecule has 4 nitrogen and oxygen atoms in total. The number of hydrogen-bond donors (Lipinski definition) is 0. The van der Waals surface area contributed by atoms with Crippen LogP contribution in [0.2, 0.25) is 0 Å². The molecule has 1 fully saturated rings. The summed E-state index contributed by atoms with van der Waals surface area (Å²) in [6.45, 7) is 4.19. The van der Waals surface area contributed by atoms with Crippen molar-refractivity contribution >= 4 is 0 Å². The smallest absolute Gasteiger partial charge is 0.154 e. The minimum absolute atomic E-state index is 0.346. The van der Waals surface area contributed by atoms with Crippen LogP contribution in [0.4, 0.5) is 0 Å². The number of nitrogens with zero attached hydrogens (tertiary/aromatic N) is 4. The van der Waals surface area contributed by atoms with E-state index in [-0.39, 0.29) is 0 Å². The third kappa shape index (κ3) is 2.78. The molecule has 1 aliphatic rings. The lowest BCUT2D eigenvalue weighted by Gasteiger charge is -2.40. The van der Waals surface area contributed by atoms with Gasteiger partial charge < -0.3 is 0 Å². The van der Waals surface area contributed by atoms with Gasteiger partial charge in [-0.05, 0) is 36.6 Å². The van der Waals surface area contributed by atoms with E-state index in [1.807, 2.05) is 6.33 Å². The number of likely N-dealkylation sites (tertiary alicyclic amines) is 1. The van der Waals surface area contributed by atoms with Gasteiger partial charge in [-0.2, -0.15) is 0 Å². The normalized spacial score (nSPS) is 17.9. The van der Waals surface area contributed by atoms with Gasteiger partial charge in [0, 0.05) is 18.8 Å². The second-order valence-electron chi connectivity index (χ2n) is 6.16. The molecule has 0 amide bonds. The molecule has 23 heavy (non-hydrogen) atoms. The Balaban J connectivity index is 1.58. The van der Waals surface area contributed by atoms with Crippen molar-refractivity contribution in [1.29, 1.82) is 0 Å². The van der Waals surface area contributed by atoms with Gasteiger partial charge >= 0.3 is 0 Å². The number of benzene rings is 2. The van der Waals surface area contributed by atoms with Gasteiger partial charge in [-0.3, -0.25) is 9.47 Å². The highest BCUT2D eigenvalue weighted by molar-refractivity contribution is 5.36. The Morgan fingerprint density at radius 1 is 1.09 bits per heavy atom. The fraction of sp³-hybridized carbons (Fsp3) is 0.263. The van der Waals surface area contributed by atoms with Crippen molar-refractivity contribution in [3.63, 3.8) is 0 Å². The Bertz CT molecular complexity index is 794. The number of rotatable bonds is 4. The van der Waals surface area contributed by atoms with E-state index in [4.69, 9.17) is 0 Å². The molecule has 1 aliphatic heterocycles. The predicted molar refractivity (Wildman–Crippen MR) is 90.3 cm³/mol. The van der Waals surface area contributed by atoms with Crippen LogP contribution in [0.25, 0.3) is 5.69 Å². The van der Waals surface area contributed by atoms with E-state index in [2.05, 4.69) is 81.2 Å². The van der Waals surface area contributed by atoms with Crippen LogP contribution in [0.3, 0.4) is 0 Å². The van der Waals surface area contributed by atoms with Crippen LogP contribution in [0.1, 0.15) is 29.4 Å². The molecule has 2 aromatic carbocycles. The van der Waals surface area contributed by atoms with Crippen LogP contribution in [0, 0.1) is 6.92 Å². The van der Waals surface area contributed by atoms with Gasteiger partial charge in [-0.1, -0.05) is 42.5 Å². The summed E-state index contributed by atoms with van der Waals surface area (Å²) in [4.78, 5) is 2.46. The molecule has 0 saturated carbocycles. The Kier molecular flexibility index (Phi) is 3.67. The standard InChI is InChI=1S/C19H20N4/c1-15-6-5-9-17(12-15)23-14-20-21-19(23)18-10-11-22(18)13-16-7-3-2-4-8-16/h2-9,12,14,18H,10-11,13H2,1H3. The summed E-state index contributed by atoms with van der Waals surface area (Å²) < 4.78 is 2.12. The lowest BCUT2D eigenvalue weighted by atomic mass is 10.0. The minimum atomic E-state index is 0.346. The molecule has 2 heterocycles. The molecule has 0 aliphatic carbocycles. The molecule has 1 saturated heterocycles. The first-order chi connectivity index (χ1) is 11.3. The third-order valence-electron chi connectivity index (χ3n) is 4.51. The highest BCUT2D eigenvalue weighted by Crippen LogP contribution is 2.34. The van der Waals surface area contributed by atoms with Crippen LogP contribution in [-0.2, 0) is 6.54 Å². The molecule has 4 heteroatoms. The molecule has 3 aromatic rings. The number of aryl methyl sites for hydroxylation is 1. The first-order valence-electron chi connectivity index (χ1n) is 8.06. The molecule has 0 radical (unpaired) electrons. The molecule has 4 rings (SSSR count). The average molecular weight is 304 g/mol. The van der Waals surface area contributed by atoms with E-state index in [0.29, 0.717) is 6.04 Å². The fourth-order valence-corrected chi connectivity index (χ4v) is 3.19. The van der Waals surface area contributed by atoms with E-state index in [1.165, 1.54) is 11.1 Å². The quantitative estimate of drug-likeness (QED) is 0.739. The summed E-state index contributed by atoms with van der Waals surface area (Å²) in [6, 6.07) is 19.4. The van der Waals surface area contributed by atoms with Crippen molar-refractivity contribution in [1.82, 2.24) is 19.7 Å². The molecule has 0 spiro atoms. The lowest BCUT2D eigenvalue weighted by molar-refractivity contribution is 0.0739. The first kappa shape index (κ1) is 14.2. The molecule has 0 N–H and O–H groups in total. The molecule has 0 bridgehead atoms. The van der Waals surface area contributed by atoms with E-state index < -0.39 is 0 Å². The van der Waals surface area contributed by atoms with Gasteiger partial charge in [-0.25, -0.2) is 0 Å². The van der Waals surface area contributed by atoms with Crippen molar-refractivity contribution in [3.05, 3.63) is 77.9 Å². The van der Waals surface area contributed by atoms with Crippen LogP contribution in [-0.4, -0.2) is 26.2 Å². The second-order valence-corrected chi connectivity index (χ2v) is 6.16. The zero-order chi connectivity index (χ0) is 15.6. The maximum absolute atomic E-state index is 4.41. The van der Waals surface area contributed by atoms with E-state index in [9.17, 15) is 0 Å². The lowest BCUT2D eigenvalue weighted by Crippen LogP contribution is -2.41. The summed E-state index contributed by atoms with van der Waals surface area (Å²) in [5.74, 6) is 1.04. The third-order valence-corrected chi connectivity index (χ3v) is 4.51. The highest BCUT2D eigenvalue weighted by atomic mass is 15.3. The van der Waals surface area contributed by atoms with Gasteiger partial charge in [0.15, 0.2) is 5.82 Å². The largest absolute Gasteiger partial charge is 0.289 e. The number of hydrogen-bond acceptors (Lipinski definition) is 3. The Morgan fingerprint density at radius 3 is 2.70 bits per heavy atom. The van der Waals surface area contributed by atoms with Crippen molar-refractivity contribution in [2.24, 2.45) is 0 Å². The maximum Gasteiger partial charge on any atom is 0.154 e. The van der Waals surface area contributed by atoms with Crippen molar-refractivity contribution in [2.45, 2.75) is 25.9 Å². The van der Waals surface area contributed by atoms with Gasteiger partial charge in [0.05, 0.1) is 6.04 Å². The van der Waals surface area contributed by atoms with Gasteiger partial charge in [0.1, 0.15) is 6.33 Å². The summed E-state index contributed by atoms with van der Waals surface area (Å²) in [5.41, 5.74) is 3.73. The van der Waals surface area contributed by atoms with E-state index >= 15 is 0 Å². The Hall–Kier alpha value is -2.46. The summed E-state index contributed by atoms with van der Waals surface area (Å²) in [7, 11) is 0. The van der Waals surface area contributed by atoms with Crippen LogP contribution < -0.4 is 0 Å². The molecule has 1 unspecified atom stereocenters. The zero-order valence-electron chi connectivity index (χ0n) is 13.3. The van der Waals surface area contributed by atoms with Crippen molar-refractivity contribution in [2.75, 3.05) is 6.54 Å². The first-order valence-corrected chi connectivity index (χ1v) is 8.06. The molecule has 1 atom stereocenters. The van der Waals surface area contributed by atoms with Crippen molar-refractivity contribution < 1.29 is 0 Å². The number of aromatic nitrogens is 3. The summed E-state index contributed by atoms with van der Waals surface area (Å²) in [6.07, 6.45) is 2.96. The molecular formula is C19H20N4. The topological polar surface area (TPSA) is 34.0 Å². The van der Waals surface area contributed by atoms with Crippen LogP contribution >= 0.6 is 0 Å². The summed E-state index contributed by atoms with van der Waals surface area (Å²) in [5, 5.41) is 8.57. The Labute approximate surface area is 136 Å². The van der Waals surface area contributed by atoms with E-state index in [0.717, 1.165) is 31.0 Å². The summed E-state index contributed by atoms with van der Waals surface area (Å²) >= 11 is 0. The monoisotopic (exact) mass is 304 g/mol. The molecule has 116 valence electrons. The van der Waals surface area contributed by atoms with Crippen molar-refractivity contribution in [3.8, 4) is 5.69 Å². The predicted octanol–water partition coefficient (Wildman–Crippen LogP) is 3.52. The SMILES string of the molecule is Cc1cccc(-n2cnnc2C2CCN2Cc2ccccc2)c1. The van der Waals surface area contributed by atoms with Gasteiger partial charge in [0.2, 0.25) is 0 Å². The van der Waals surface area contributed by atoms with Gasteiger partial charge in [-0.15, -0.1) is 10.2 Å². The van der Waals surface area contributed by atoms with Crippen LogP contribution in [0.5, 0.6) is 0 Å². The molecular weight excluding hydrogens is 284 g/mol. The molecule has 1 aromatic heterocycles. The second kappa shape index (κ2) is 5.97. The van der Waals surface area contributed by atoms with E-state index in [1.54, 1.807) is 0 Å². The maximum atomic E-state index is 4.41.